The lowest BCUT2D eigenvalue weighted by Gasteiger charge is -2.04. The highest BCUT2D eigenvalue weighted by Crippen LogP contribution is 2.12. The van der Waals surface area contributed by atoms with Crippen LogP contribution in [-0.4, -0.2) is 19.3 Å². The lowest BCUT2D eigenvalue weighted by Crippen LogP contribution is -2.10. The predicted octanol–water partition coefficient (Wildman–Crippen LogP) is 1.72. The van der Waals surface area contributed by atoms with E-state index in [0.717, 1.165) is 12.0 Å². The van der Waals surface area contributed by atoms with Gasteiger partial charge in [0.05, 0.1) is 6.61 Å². The molecule has 0 fully saturated rings. The monoisotopic (exact) mass is 209 g/mol. The topological polar surface area (TPSA) is 61.5 Å². The Morgan fingerprint density at radius 3 is 2.53 bits per heavy atom. The van der Waals surface area contributed by atoms with Crippen molar-refractivity contribution in [2.75, 3.05) is 13.2 Å². The second-order valence-corrected chi connectivity index (χ2v) is 2.97. The molecule has 4 heteroatoms. The van der Waals surface area contributed by atoms with Gasteiger partial charge in [0, 0.05) is 0 Å². The molecule has 0 atom stereocenters. The van der Waals surface area contributed by atoms with Crippen molar-refractivity contribution in [2.24, 2.45) is 5.73 Å². The zero-order valence-corrected chi connectivity index (χ0v) is 8.73. The molecule has 0 radical (unpaired) electrons. The van der Waals surface area contributed by atoms with Gasteiger partial charge in [-0.25, -0.2) is 4.79 Å². The first kappa shape index (κ1) is 11.5. The summed E-state index contributed by atoms with van der Waals surface area (Å²) < 4.78 is 9.54. The predicted molar refractivity (Wildman–Crippen MR) is 56.9 cm³/mol. The van der Waals surface area contributed by atoms with E-state index in [0.29, 0.717) is 18.9 Å². The van der Waals surface area contributed by atoms with Crippen molar-refractivity contribution in [1.29, 1.82) is 0 Å². The van der Waals surface area contributed by atoms with Crippen LogP contribution in [0.5, 0.6) is 5.75 Å². The molecule has 0 bridgehead atoms. The zero-order chi connectivity index (χ0) is 11.1. The lowest BCUT2D eigenvalue weighted by molar-refractivity contribution is 0.104. The number of benzene rings is 1. The van der Waals surface area contributed by atoms with E-state index in [2.05, 4.69) is 4.74 Å². The van der Waals surface area contributed by atoms with Gasteiger partial charge in [0.15, 0.2) is 0 Å². The molecule has 0 unspecified atom stereocenters. The summed E-state index contributed by atoms with van der Waals surface area (Å²) in [5.74, 6) is 0.481. The Labute approximate surface area is 89.0 Å². The van der Waals surface area contributed by atoms with Crippen LogP contribution in [0.1, 0.15) is 12.5 Å². The summed E-state index contributed by atoms with van der Waals surface area (Å²) in [5.41, 5.74) is 6.53. The Balaban J connectivity index is 2.52. The van der Waals surface area contributed by atoms with Gasteiger partial charge in [-0.15, -0.1) is 0 Å². The highest BCUT2D eigenvalue weighted by molar-refractivity contribution is 5.63. The molecule has 15 heavy (non-hydrogen) atoms. The third-order valence-corrected chi connectivity index (χ3v) is 1.82. The third-order valence-electron chi connectivity index (χ3n) is 1.82. The number of ether oxygens (including phenoxy) is 2. The van der Waals surface area contributed by atoms with E-state index >= 15 is 0 Å². The van der Waals surface area contributed by atoms with Crippen molar-refractivity contribution in [3.63, 3.8) is 0 Å². The highest BCUT2D eigenvalue weighted by atomic mass is 16.7. The number of carbonyl (C=O) groups excluding carboxylic acids is 1. The summed E-state index contributed by atoms with van der Waals surface area (Å²) in [6, 6.07) is 7.20. The van der Waals surface area contributed by atoms with E-state index in [9.17, 15) is 4.79 Å². The van der Waals surface area contributed by atoms with Crippen molar-refractivity contribution in [3.05, 3.63) is 29.8 Å². The van der Waals surface area contributed by atoms with Gasteiger partial charge in [0.25, 0.3) is 0 Å². The summed E-state index contributed by atoms with van der Waals surface area (Å²) in [7, 11) is 0. The van der Waals surface area contributed by atoms with Crippen LogP contribution in [-0.2, 0) is 11.2 Å². The Hall–Kier alpha value is -1.55. The molecular formula is C11H15NO3. The quantitative estimate of drug-likeness (QED) is 0.606. The molecule has 82 valence electrons. The van der Waals surface area contributed by atoms with Gasteiger partial charge in [0.2, 0.25) is 0 Å². The Bertz CT molecular complexity index is 308. The second-order valence-electron chi connectivity index (χ2n) is 2.97. The average Bonchev–Trinajstić information content (AvgIpc) is 2.22. The molecule has 4 nitrogen and oxygen atoms in total. The lowest BCUT2D eigenvalue weighted by atomic mass is 10.1. The molecule has 0 saturated carbocycles. The summed E-state index contributed by atoms with van der Waals surface area (Å²) in [4.78, 5) is 11.0. The van der Waals surface area contributed by atoms with Crippen LogP contribution in [0, 0.1) is 0 Å². The maximum Gasteiger partial charge on any atom is 0.513 e. The minimum absolute atomic E-state index is 0.310. The number of nitrogens with two attached hydrogens (primary N) is 1. The maximum atomic E-state index is 11.0. The van der Waals surface area contributed by atoms with Crippen molar-refractivity contribution < 1.29 is 14.3 Å². The SMILES string of the molecule is CCOC(=O)Oc1ccc(CCN)cc1. The van der Waals surface area contributed by atoms with E-state index in [1.165, 1.54) is 0 Å². The van der Waals surface area contributed by atoms with Crippen LogP contribution in [0.15, 0.2) is 24.3 Å². The summed E-state index contributed by atoms with van der Waals surface area (Å²) in [6.45, 7) is 2.65. The first-order valence-corrected chi connectivity index (χ1v) is 4.90. The fourth-order valence-electron chi connectivity index (χ4n) is 1.13. The van der Waals surface area contributed by atoms with Gasteiger partial charge < -0.3 is 15.2 Å². The molecule has 0 spiro atoms. The molecule has 0 amide bonds. The van der Waals surface area contributed by atoms with E-state index < -0.39 is 6.16 Å². The number of rotatable bonds is 4. The number of hydrogen-bond donors (Lipinski definition) is 1. The van der Waals surface area contributed by atoms with Crippen molar-refractivity contribution >= 4 is 6.16 Å². The van der Waals surface area contributed by atoms with Gasteiger partial charge in [0.1, 0.15) is 5.75 Å². The van der Waals surface area contributed by atoms with E-state index in [1.54, 1.807) is 19.1 Å². The standard InChI is InChI=1S/C11H15NO3/c1-2-14-11(13)15-10-5-3-9(4-6-10)7-8-12/h3-6H,2,7-8,12H2,1H3. The van der Waals surface area contributed by atoms with Crippen molar-refractivity contribution in [1.82, 2.24) is 0 Å². The fourth-order valence-corrected chi connectivity index (χ4v) is 1.13. The number of carbonyl (C=O) groups is 1. The van der Waals surface area contributed by atoms with Crippen LogP contribution in [0.3, 0.4) is 0 Å². The molecule has 0 aliphatic rings. The largest absolute Gasteiger partial charge is 0.513 e. The summed E-state index contributed by atoms with van der Waals surface area (Å²) >= 11 is 0. The molecule has 0 aliphatic carbocycles. The van der Waals surface area contributed by atoms with Crippen LogP contribution in [0.4, 0.5) is 4.79 Å². The van der Waals surface area contributed by atoms with E-state index in [-0.39, 0.29) is 0 Å². The first-order chi connectivity index (χ1) is 7.26. The normalized spacial score (nSPS) is 9.73. The highest BCUT2D eigenvalue weighted by Gasteiger charge is 2.03. The Morgan fingerprint density at radius 1 is 1.33 bits per heavy atom. The van der Waals surface area contributed by atoms with Crippen LogP contribution in [0.25, 0.3) is 0 Å². The Kier molecular flexibility index (Phi) is 4.63. The van der Waals surface area contributed by atoms with Crippen molar-refractivity contribution in [2.45, 2.75) is 13.3 Å². The van der Waals surface area contributed by atoms with Gasteiger partial charge in [-0.1, -0.05) is 12.1 Å². The summed E-state index contributed by atoms with van der Waals surface area (Å²) in [5, 5.41) is 0. The maximum absolute atomic E-state index is 11.0. The Morgan fingerprint density at radius 2 is 2.00 bits per heavy atom. The molecular weight excluding hydrogens is 194 g/mol. The van der Waals surface area contributed by atoms with E-state index in [4.69, 9.17) is 10.5 Å². The minimum atomic E-state index is -0.677. The molecule has 1 aromatic rings. The molecule has 0 heterocycles. The molecule has 1 aromatic carbocycles. The van der Waals surface area contributed by atoms with Crippen molar-refractivity contribution in [3.8, 4) is 5.75 Å². The van der Waals surface area contributed by atoms with Gasteiger partial charge in [-0.3, -0.25) is 0 Å². The fraction of sp³-hybridized carbons (Fsp3) is 0.364. The minimum Gasteiger partial charge on any atom is -0.434 e. The molecule has 1 rings (SSSR count). The van der Waals surface area contributed by atoms with Gasteiger partial charge >= 0.3 is 6.16 Å². The van der Waals surface area contributed by atoms with Crippen LogP contribution in [0.2, 0.25) is 0 Å². The molecule has 0 aliphatic heterocycles. The zero-order valence-electron chi connectivity index (χ0n) is 8.73. The van der Waals surface area contributed by atoms with Gasteiger partial charge in [-0.05, 0) is 37.6 Å². The molecule has 2 N–H and O–H groups in total. The van der Waals surface area contributed by atoms with Crippen LogP contribution < -0.4 is 10.5 Å². The van der Waals surface area contributed by atoms with Crippen LogP contribution >= 0.6 is 0 Å². The van der Waals surface area contributed by atoms with Gasteiger partial charge in [-0.2, -0.15) is 0 Å². The number of hydrogen-bond acceptors (Lipinski definition) is 4. The summed E-state index contributed by atoms with van der Waals surface area (Å²) in [6.07, 6.45) is 0.142. The third kappa shape index (κ3) is 3.99. The second kappa shape index (κ2) is 6.03. The smallest absolute Gasteiger partial charge is 0.434 e. The molecule has 0 aromatic heterocycles. The average molecular weight is 209 g/mol. The first-order valence-electron chi connectivity index (χ1n) is 4.90. The van der Waals surface area contributed by atoms with E-state index in [1.807, 2.05) is 12.1 Å². The molecule has 0 saturated heterocycles.